The summed E-state index contributed by atoms with van der Waals surface area (Å²) in [7, 11) is 1.75. The average Bonchev–Trinajstić information content (AvgIpc) is 2.79. The first kappa shape index (κ1) is 15.5. The molecule has 1 heterocycles. The number of rotatable bonds is 4. The first-order chi connectivity index (χ1) is 9.99. The maximum atomic E-state index is 11.9. The van der Waals surface area contributed by atoms with Crippen LogP contribution in [0.2, 0.25) is 0 Å². The number of nitrogens with one attached hydrogen (secondary N) is 1. The second-order valence-electron chi connectivity index (χ2n) is 5.78. The van der Waals surface area contributed by atoms with Crippen LogP contribution in [0.3, 0.4) is 0 Å². The Morgan fingerprint density at radius 1 is 1.43 bits per heavy atom. The molecule has 1 aromatic rings. The number of hydrogen-bond acceptors (Lipinski definition) is 4. The van der Waals surface area contributed by atoms with E-state index in [0.29, 0.717) is 11.5 Å². The molecule has 0 saturated heterocycles. The van der Waals surface area contributed by atoms with Crippen LogP contribution >= 0.6 is 0 Å². The van der Waals surface area contributed by atoms with Crippen molar-refractivity contribution in [2.24, 2.45) is 13.0 Å². The van der Waals surface area contributed by atoms with Crippen LogP contribution in [0.1, 0.15) is 48.7 Å². The van der Waals surface area contributed by atoms with Crippen molar-refractivity contribution < 1.29 is 14.3 Å². The van der Waals surface area contributed by atoms with Crippen LogP contribution in [-0.4, -0.2) is 34.3 Å². The number of carbonyl (C=O) groups excluding carboxylic acids is 2. The van der Waals surface area contributed by atoms with E-state index in [1.54, 1.807) is 18.7 Å². The molecule has 2 atom stereocenters. The van der Waals surface area contributed by atoms with Gasteiger partial charge in [-0.3, -0.25) is 9.48 Å². The van der Waals surface area contributed by atoms with Gasteiger partial charge in [0.05, 0.1) is 6.20 Å². The van der Waals surface area contributed by atoms with Gasteiger partial charge in [0.2, 0.25) is 0 Å². The Morgan fingerprint density at radius 3 is 2.76 bits per heavy atom. The van der Waals surface area contributed by atoms with Crippen molar-refractivity contribution in [3.63, 3.8) is 0 Å². The van der Waals surface area contributed by atoms with Gasteiger partial charge in [-0.05, 0) is 25.7 Å². The molecule has 0 spiro atoms. The zero-order chi connectivity index (χ0) is 15.4. The number of aromatic nitrogens is 2. The molecule has 6 heteroatoms. The van der Waals surface area contributed by atoms with Gasteiger partial charge in [0, 0.05) is 18.8 Å². The molecule has 1 aromatic heterocycles. The van der Waals surface area contributed by atoms with Crippen LogP contribution in [0, 0.1) is 12.8 Å². The lowest BCUT2D eigenvalue weighted by Gasteiger charge is -2.29. The van der Waals surface area contributed by atoms with Crippen LogP contribution in [0.4, 0.5) is 0 Å². The molecular formula is C15H23N3O3. The van der Waals surface area contributed by atoms with Gasteiger partial charge in [-0.25, -0.2) is 4.79 Å². The van der Waals surface area contributed by atoms with E-state index < -0.39 is 5.97 Å². The van der Waals surface area contributed by atoms with Gasteiger partial charge in [0.25, 0.3) is 5.91 Å². The highest BCUT2D eigenvalue weighted by atomic mass is 16.5. The van der Waals surface area contributed by atoms with Crippen LogP contribution in [0.15, 0.2) is 6.20 Å². The highest BCUT2D eigenvalue weighted by molar-refractivity contribution is 5.92. The molecule has 1 N–H and O–H groups in total. The van der Waals surface area contributed by atoms with Crippen molar-refractivity contribution in [1.29, 1.82) is 0 Å². The fraction of sp³-hybridized carbons (Fsp3) is 0.667. The van der Waals surface area contributed by atoms with E-state index in [-0.39, 0.29) is 18.6 Å². The molecule has 1 aliphatic rings. The van der Waals surface area contributed by atoms with Gasteiger partial charge in [-0.15, -0.1) is 0 Å². The van der Waals surface area contributed by atoms with E-state index in [2.05, 4.69) is 17.3 Å². The molecular weight excluding hydrogens is 270 g/mol. The summed E-state index contributed by atoms with van der Waals surface area (Å²) in [5.41, 5.74) is 1.12. The number of nitrogens with zero attached hydrogens (tertiary/aromatic N) is 2. The monoisotopic (exact) mass is 293 g/mol. The fourth-order valence-electron chi connectivity index (χ4n) is 2.69. The quantitative estimate of drug-likeness (QED) is 0.855. The maximum absolute atomic E-state index is 11.9. The van der Waals surface area contributed by atoms with E-state index in [1.165, 1.54) is 12.6 Å². The van der Waals surface area contributed by atoms with Gasteiger partial charge in [-0.1, -0.05) is 19.8 Å². The highest BCUT2D eigenvalue weighted by Crippen LogP contribution is 2.23. The second-order valence-corrected chi connectivity index (χ2v) is 5.78. The van der Waals surface area contributed by atoms with Gasteiger partial charge in [0.1, 0.15) is 5.56 Å². The normalized spacial score (nSPS) is 21.9. The largest absolute Gasteiger partial charge is 0.452 e. The lowest BCUT2D eigenvalue weighted by atomic mass is 9.86. The smallest absolute Gasteiger partial charge is 0.342 e. The highest BCUT2D eigenvalue weighted by Gasteiger charge is 2.23. The minimum absolute atomic E-state index is 0.199. The molecule has 21 heavy (non-hydrogen) atoms. The molecule has 6 nitrogen and oxygen atoms in total. The third-order valence-corrected chi connectivity index (χ3v) is 4.25. The van der Waals surface area contributed by atoms with Gasteiger partial charge < -0.3 is 10.1 Å². The Balaban J connectivity index is 1.81. The molecule has 1 aliphatic carbocycles. The summed E-state index contributed by atoms with van der Waals surface area (Å²) in [6, 6.07) is 0.199. The first-order valence-electron chi connectivity index (χ1n) is 7.44. The van der Waals surface area contributed by atoms with Crippen LogP contribution in [-0.2, 0) is 16.6 Å². The summed E-state index contributed by atoms with van der Waals surface area (Å²) in [6.45, 7) is 3.69. The number of hydrogen-bond donors (Lipinski definition) is 1. The Labute approximate surface area is 124 Å². The molecule has 0 unspecified atom stereocenters. The minimum Gasteiger partial charge on any atom is -0.452 e. The van der Waals surface area contributed by atoms with Crippen molar-refractivity contribution >= 4 is 11.9 Å². The van der Waals surface area contributed by atoms with E-state index in [4.69, 9.17) is 4.74 Å². The van der Waals surface area contributed by atoms with Crippen LogP contribution in [0.5, 0.6) is 0 Å². The predicted octanol–water partition coefficient (Wildman–Crippen LogP) is 1.58. The Morgan fingerprint density at radius 2 is 2.14 bits per heavy atom. The summed E-state index contributed by atoms with van der Waals surface area (Å²) < 4.78 is 6.65. The van der Waals surface area contributed by atoms with Gasteiger partial charge in [-0.2, -0.15) is 5.10 Å². The summed E-state index contributed by atoms with van der Waals surface area (Å²) in [5, 5.41) is 6.94. The molecule has 0 aliphatic heterocycles. The molecule has 1 saturated carbocycles. The SMILES string of the molecule is Cc1c(C(=O)OCC(=O)N[C@@H]2CCCC[C@@H]2C)cnn1C. The third kappa shape index (κ3) is 3.83. The summed E-state index contributed by atoms with van der Waals surface area (Å²) in [5.74, 6) is -0.255. The van der Waals surface area contributed by atoms with Crippen molar-refractivity contribution in [2.75, 3.05) is 6.61 Å². The summed E-state index contributed by atoms with van der Waals surface area (Å²) >= 11 is 0. The number of esters is 1. The molecule has 0 bridgehead atoms. The molecule has 0 aromatic carbocycles. The Kier molecular flexibility index (Phi) is 4.98. The Bertz CT molecular complexity index is 524. The summed E-state index contributed by atoms with van der Waals surface area (Å²) in [4.78, 5) is 23.8. The van der Waals surface area contributed by atoms with Crippen molar-refractivity contribution in [3.8, 4) is 0 Å². The van der Waals surface area contributed by atoms with Crippen molar-refractivity contribution in [2.45, 2.75) is 45.6 Å². The van der Waals surface area contributed by atoms with Crippen LogP contribution < -0.4 is 5.32 Å². The standard InChI is InChI=1S/C15H23N3O3/c1-10-6-4-5-7-13(10)17-14(19)9-21-15(20)12-8-16-18(3)11(12)2/h8,10,13H,4-7,9H2,1-3H3,(H,17,19)/t10-,13+/m0/s1. The first-order valence-corrected chi connectivity index (χ1v) is 7.44. The predicted molar refractivity (Wildman–Crippen MR) is 77.8 cm³/mol. The average molecular weight is 293 g/mol. The number of carbonyl (C=O) groups is 2. The third-order valence-electron chi connectivity index (χ3n) is 4.25. The number of amides is 1. The fourth-order valence-corrected chi connectivity index (χ4v) is 2.69. The zero-order valence-corrected chi connectivity index (χ0v) is 12.9. The summed E-state index contributed by atoms with van der Waals surface area (Å²) in [6.07, 6.45) is 5.97. The molecule has 1 amide bonds. The van der Waals surface area contributed by atoms with Gasteiger partial charge in [0.15, 0.2) is 6.61 Å². The minimum atomic E-state index is -0.507. The van der Waals surface area contributed by atoms with E-state index in [1.807, 2.05) is 0 Å². The van der Waals surface area contributed by atoms with E-state index in [9.17, 15) is 9.59 Å². The van der Waals surface area contributed by atoms with E-state index in [0.717, 1.165) is 25.0 Å². The maximum Gasteiger partial charge on any atom is 0.342 e. The van der Waals surface area contributed by atoms with Crippen molar-refractivity contribution in [3.05, 3.63) is 17.5 Å². The van der Waals surface area contributed by atoms with Crippen LogP contribution in [0.25, 0.3) is 0 Å². The number of ether oxygens (including phenoxy) is 1. The van der Waals surface area contributed by atoms with Gasteiger partial charge >= 0.3 is 5.97 Å². The topological polar surface area (TPSA) is 73.2 Å². The van der Waals surface area contributed by atoms with Crippen molar-refractivity contribution in [1.82, 2.24) is 15.1 Å². The Hall–Kier alpha value is -1.85. The zero-order valence-electron chi connectivity index (χ0n) is 12.9. The molecule has 2 rings (SSSR count). The molecule has 0 radical (unpaired) electrons. The molecule has 116 valence electrons. The van der Waals surface area contributed by atoms with E-state index >= 15 is 0 Å². The second kappa shape index (κ2) is 6.74. The molecule has 1 fully saturated rings. The number of aryl methyl sites for hydroxylation is 1. The lowest BCUT2D eigenvalue weighted by molar-refractivity contribution is -0.125. The lowest BCUT2D eigenvalue weighted by Crippen LogP contribution is -2.42.